The SMILES string of the molecule is Cc1c(C(=O)Nc2ccc(-c3nnc(N(C)C)o3)cc2)cnn1-c1ccccc1. The Morgan fingerprint density at radius 1 is 1.03 bits per heavy atom. The van der Waals surface area contributed by atoms with Crippen molar-refractivity contribution in [1.82, 2.24) is 20.0 Å². The van der Waals surface area contributed by atoms with E-state index in [1.807, 2.05) is 63.5 Å². The Morgan fingerprint density at radius 2 is 1.76 bits per heavy atom. The number of carbonyl (C=O) groups is 1. The highest BCUT2D eigenvalue weighted by Crippen LogP contribution is 2.23. The van der Waals surface area contributed by atoms with Gasteiger partial charge in [-0.05, 0) is 43.3 Å². The molecule has 0 saturated heterocycles. The van der Waals surface area contributed by atoms with Gasteiger partial charge in [0.1, 0.15) is 0 Å². The number of amides is 1. The van der Waals surface area contributed by atoms with E-state index in [1.54, 1.807) is 27.9 Å². The fourth-order valence-corrected chi connectivity index (χ4v) is 2.87. The molecule has 29 heavy (non-hydrogen) atoms. The van der Waals surface area contributed by atoms with Crippen LogP contribution in [0.25, 0.3) is 17.1 Å². The number of anilines is 2. The van der Waals surface area contributed by atoms with Gasteiger partial charge < -0.3 is 14.6 Å². The summed E-state index contributed by atoms with van der Waals surface area (Å²) in [5.41, 5.74) is 3.64. The van der Waals surface area contributed by atoms with E-state index in [0.717, 1.165) is 16.9 Å². The van der Waals surface area contributed by atoms with Gasteiger partial charge in [0, 0.05) is 25.3 Å². The van der Waals surface area contributed by atoms with Gasteiger partial charge in [0.05, 0.1) is 23.1 Å². The zero-order chi connectivity index (χ0) is 20.4. The Morgan fingerprint density at radius 3 is 2.41 bits per heavy atom. The van der Waals surface area contributed by atoms with Gasteiger partial charge in [-0.3, -0.25) is 4.79 Å². The lowest BCUT2D eigenvalue weighted by Gasteiger charge is -2.07. The van der Waals surface area contributed by atoms with Crippen molar-refractivity contribution in [3.05, 3.63) is 72.1 Å². The maximum absolute atomic E-state index is 12.7. The predicted molar refractivity (Wildman–Crippen MR) is 110 cm³/mol. The van der Waals surface area contributed by atoms with Crippen molar-refractivity contribution in [1.29, 1.82) is 0 Å². The van der Waals surface area contributed by atoms with Crippen LogP contribution < -0.4 is 10.2 Å². The van der Waals surface area contributed by atoms with Crippen LogP contribution in [0.2, 0.25) is 0 Å². The third-order valence-electron chi connectivity index (χ3n) is 4.44. The first-order chi connectivity index (χ1) is 14.0. The molecule has 0 unspecified atom stereocenters. The smallest absolute Gasteiger partial charge is 0.317 e. The van der Waals surface area contributed by atoms with Crippen molar-refractivity contribution < 1.29 is 9.21 Å². The normalized spacial score (nSPS) is 10.7. The Labute approximate surface area is 167 Å². The second kappa shape index (κ2) is 7.59. The van der Waals surface area contributed by atoms with E-state index in [1.165, 1.54) is 0 Å². The lowest BCUT2D eigenvalue weighted by Crippen LogP contribution is -2.13. The molecule has 0 aliphatic rings. The fourth-order valence-electron chi connectivity index (χ4n) is 2.87. The third kappa shape index (κ3) is 3.73. The molecule has 1 N–H and O–H groups in total. The molecule has 0 saturated carbocycles. The van der Waals surface area contributed by atoms with Crippen LogP contribution in [0.4, 0.5) is 11.7 Å². The molecule has 8 nitrogen and oxygen atoms in total. The van der Waals surface area contributed by atoms with Crippen molar-refractivity contribution in [3.8, 4) is 17.1 Å². The maximum Gasteiger partial charge on any atom is 0.317 e. The van der Waals surface area contributed by atoms with Gasteiger partial charge in [-0.2, -0.15) is 5.10 Å². The van der Waals surface area contributed by atoms with Crippen LogP contribution in [0.1, 0.15) is 16.1 Å². The van der Waals surface area contributed by atoms with E-state index in [9.17, 15) is 4.79 Å². The topological polar surface area (TPSA) is 89.1 Å². The summed E-state index contributed by atoms with van der Waals surface area (Å²) >= 11 is 0. The van der Waals surface area contributed by atoms with Gasteiger partial charge in [-0.1, -0.05) is 23.3 Å². The highest BCUT2D eigenvalue weighted by atomic mass is 16.4. The van der Waals surface area contributed by atoms with Crippen molar-refractivity contribution in [2.45, 2.75) is 6.92 Å². The zero-order valence-corrected chi connectivity index (χ0v) is 16.3. The highest BCUT2D eigenvalue weighted by molar-refractivity contribution is 6.05. The molecule has 4 aromatic rings. The second-order valence-electron chi connectivity index (χ2n) is 6.71. The number of para-hydroxylation sites is 1. The van der Waals surface area contributed by atoms with Crippen LogP contribution in [-0.4, -0.2) is 40.0 Å². The molecule has 2 aromatic carbocycles. The number of nitrogens with zero attached hydrogens (tertiary/aromatic N) is 5. The molecule has 0 aliphatic heterocycles. The molecule has 0 bridgehead atoms. The van der Waals surface area contributed by atoms with Crippen LogP contribution in [0.5, 0.6) is 0 Å². The van der Waals surface area contributed by atoms with Crippen molar-refractivity contribution >= 4 is 17.6 Å². The number of carbonyl (C=O) groups excluding carboxylic acids is 1. The predicted octanol–water partition coefficient (Wildman–Crippen LogP) is 3.55. The molecule has 2 heterocycles. The van der Waals surface area contributed by atoms with Gasteiger partial charge in [-0.25, -0.2) is 4.68 Å². The lowest BCUT2D eigenvalue weighted by molar-refractivity contribution is 0.102. The minimum absolute atomic E-state index is 0.217. The van der Waals surface area contributed by atoms with Crippen LogP contribution in [0.15, 0.2) is 65.2 Å². The van der Waals surface area contributed by atoms with Crippen molar-refractivity contribution in [3.63, 3.8) is 0 Å². The van der Waals surface area contributed by atoms with Gasteiger partial charge in [0.15, 0.2) is 0 Å². The van der Waals surface area contributed by atoms with Crippen molar-refractivity contribution in [2.24, 2.45) is 0 Å². The quantitative estimate of drug-likeness (QED) is 0.562. The minimum Gasteiger partial charge on any atom is -0.403 e. The number of benzene rings is 2. The van der Waals surface area contributed by atoms with E-state index in [0.29, 0.717) is 23.2 Å². The van der Waals surface area contributed by atoms with Crippen LogP contribution in [0.3, 0.4) is 0 Å². The number of hydrogen-bond donors (Lipinski definition) is 1. The molecule has 0 radical (unpaired) electrons. The average molecular weight is 388 g/mol. The summed E-state index contributed by atoms with van der Waals surface area (Å²) in [7, 11) is 3.66. The summed E-state index contributed by atoms with van der Waals surface area (Å²) in [5.74, 6) is 0.205. The first-order valence-corrected chi connectivity index (χ1v) is 9.05. The third-order valence-corrected chi connectivity index (χ3v) is 4.44. The standard InChI is InChI=1S/C21H20N6O2/c1-14-18(13-22-27(14)17-7-5-4-6-8-17)19(28)23-16-11-9-15(10-12-16)20-24-25-21(29-20)26(2)3/h4-13H,1-3H3,(H,23,28). The molecule has 0 atom stereocenters. The van der Waals surface area contributed by atoms with E-state index in [2.05, 4.69) is 20.6 Å². The Balaban J connectivity index is 1.49. The first-order valence-electron chi connectivity index (χ1n) is 9.05. The fraction of sp³-hybridized carbons (Fsp3) is 0.143. The Kier molecular flexibility index (Phi) is 4.82. The number of nitrogens with one attached hydrogen (secondary N) is 1. The summed E-state index contributed by atoms with van der Waals surface area (Å²) in [6, 6.07) is 17.4. The molecule has 4 rings (SSSR count). The molecule has 8 heteroatoms. The summed E-state index contributed by atoms with van der Waals surface area (Å²) in [5, 5.41) is 15.2. The molecule has 1 amide bonds. The monoisotopic (exact) mass is 388 g/mol. The zero-order valence-electron chi connectivity index (χ0n) is 16.3. The van der Waals surface area contributed by atoms with Gasteiger partial charge in [0.25, 0.3) is 5.91 Å². The maximum atomic E-state index is 12.7. The summed E-state index contributed by atoms with van der Waals surface area (Å²) < 4.78 is 7.33. The minimum atomic E-state index is -0.217. The van der Waals surface area contributed by atoms with Gasteiger partial charge >= 0.3 is 6.01 Å². The number of hydrogen-bond acceptors (Lipinski definition) is 6. The summed E-state index contributed by atoms with van der Waals surface area (Å²) in [6.07, 6.45) is 1.58. The largest absolute Gasteiger partial charge is 0.403 e. The van der Waals surface area contributed by atoms with E-state index >= 15 is 0 Å². The van der Waals surface area contributed by atoms with Crippen LogP contribution in [-0.2, 0) is 0 Å². The van der Waals surface area contributed by atoms with Gasteiger partial charge in [-0.15, -0.1) is 5.10 Å². The van der Waals surface area contributed by atoms with E-state index < -0.39 is 0 Å². The second-order valence-corrected chi connectivity index (χ2v) is 6.71. The Hall–Kier alpha value is -3.94. The first kappa shape index (κ1) is 18.4. The van der Waals surface area contributed by atoms with Crippen molar-refractivity contribution in [2.75, 3.05) is 24.3 Å². The lowest BCUT2D eigenvalue weighted by atomic mass is 10.2. The molecule has 0 aliphatic carbocycles. The molecule has 0 fully saturated rings. The van der Waals surface area contributed by atoms with E-state index in [-0.39, 0.29) is 5.91 Å². The summed E-state index contributed by atoms with van der Waals surface area (Å²) in [6.45, 7) is 1.87. The van der Waals surface area contributed by atoms with Gasteiger partial charge in [0.2, 0.25) is 5.89 Å². The number of rotatable bonds is 5. The molecular weight excluding hydrogens is 368 g/mol. The van der Waals surface area contributed by atoms with E-state index in [4.69, 9.17) is 4.42 Å². The van der Waals surface area contributed by atoms with Crippen LogP contribution >= 0.6 is 0 Å². The summed E-state index contributed by atoms with van der Waals surface area (Å²) in [4.78, 5) is 14.4. The number of aromatic nitrogens is 4. The molecule has 0 spiro atoms. The average Bonchev–Trinajstić information content (AvgIpc) is 3.36. The molecule has 2 aromatic heterocycles. The van der Waals surface area contributed by atoms with Crippen LogP contribution in [0, 0.1) is 6.92 Å². The Bertz CT molecular complexity index is 1130. The highest BCUT2D eigenvalue weighted by Gasteiger charge is 2.16. The molecule has 146 valence electrons. The molecular formula is C21H20N6O2.